The van der Waals surface area contributed by atoms with Crippen LogP contribution in [-0.4, -0.2) is 19.7 Å². The van der Waals surface area contributed by atoms with Gasteiger partial charge >= 0.3 is 0 Å². The molecule has 1 aliphatic rings. The van der Waals surface area contributed by atoms with Crippen molar-refractivity contribution in [2.45, 2.75) is 46.1 Å². The van der Waals surface area contributed by atoms with Gasteiger partial charge in [0.05, 0.1) is 7.11 Å². The molecule has 0 heterocycles. The van der Waals surface area contributed by atoms with Crippen molar-refractivity contribution >= 4 is 0 Å². The summed E-state index contributed by atoms with van der Waals surface area (Å²) in [5, 5.41) is 3.73. The molecule has 1 saturated carbocycles. The second kappa shape index (κ2) is 5.96. The van der Waals surface area contributed by atoms with E-state index in [0.29, 0.717) is 11.5 Å². The molecule has 106 valence electrons. The second-order valence-electron chi connectivity index (χ2n) is 6.71. The van der Waals surface area contributed by atoms with Gasteiger partial charge in [-0.3, -0.25) is 0 Å². The molecule has 2 atom stereocenters. The van der Waals surface area contributed by atoms with Crippen LogP contribution < -0.4 is 10.1 Å². The first kappa shape index (κ1) is 14.4. The van der Waals surface area contributed by atoms with Crippen molar-refractivity contribution in [3.8, 4) is 5.75 Å². The molecule has 19 heavy (non-hydrogen) atoms. The number of benzene rings is 1. The first-order chi connectivity index (χ1) is 9.00. The second-order valence-corrected chi connectivity index (χ2v) is 6.71. The molecule has 0 radical (unpaired) electrons. The van der Waals surface area contributed by atoms with Crippen LogP contribution in [0.5, 0.6) is 5.75 Å². The van der Waals surface area contributed by atoms with E-state index in [0.717, 1.165) is 24.6 Å². The molecule has 1 fully saturated rings. The molecule has 1 aromatic carbocycles. The predicted molar refractivity (Wildman–Crippen MR) is 80.7 cm³/mol. The molecule has 0 bridgehead atoms. The summed E-state index contributed by atoms with van der Waals surface area (Å²) in [4.78, 5) is 0. The van der Waals surface area contributed by atoms with Crippen molar-refractivity contribution in [3.63, 3.8) is 0 Å². The fourth-order valence-electron chi connectivity index (χ4n) is 3.36. The summed E-state index contributed by atoms with van der Waals surface area (Å²) in [6.45, 7) is 8.21. The van der Waals surface area contributed by atoms with Gasteiger partial charge in [0.2, 0.25) is 0 Å². The highest BCUT2D eigenvalue weighted by Gasteiger charge is 2.35. The monoisotopic (exact) mass is 261 g/mol. The van der Waals surface area contributed by atoms with Crippen molar-refractivity contribution in [2.24, 2.45) is 11.3 Å². The molecule has 0 saturated heterocycles. The molecule has 2 unspecified atom stereocenters. The molecule has 1 aliphatic carbocycles. The molecule has 2 rings (SSSR count). The molecule has 0 amide bonds. The van der Waals surface area contributed by atoms with Crippen molar-refractivity contribution < 1.29 is 4.74 Å². The van der Waals surface area contributed by atoms with E-state index >= 15 is 0 Å². The molecular formula is C17H27NO. The van der Waals surface area contributed by atoms with Crippen molar-refractivity contribution in [2.75, 3.05) is 13.7 Å². The average molecular weight is 261 g/mol. The van der Waals surface area contributed by atoms with Gasteiger partial charge in [0, 0.05) is 6.04 Å². The SMILES string of the molecule is COc1ccc(CCNC2CC(C)(C)CC2C)cc1. The third-order valence-corrected chi connectivity index (χ3v) is 4.31. The Morgan fingerprint density at radius 1 is 1.21 bits per heavy atom. The highest BCUT2D eigenvalue weighted by molar-refractivity contribution is 5.27. The number of hydrogen-bond donors (Lipinski definition) is 1. The van der Waals surface area contributed by atoms with Crippen LogP contribution in [0.2, 0.25) is 0 Å². The highest BCUT2D eigenvalue weighted by atomic mass is 16.5. The van der Waals surface area contributed by atoms with Crippen LogP contribution in [0, 0.1) is 11.3 Å². The Hall–Kier alpha value is -1.02. The maximum atomic E-state index is 5.18. The Morgan fingerprint density at radius 2 is 1.89 bits per heavy atom. The number of rotatable bonds is 5. The zero-order chi connectivity index (χ0) is 13.9. The number of ether oxygens (including phenoxy) is 1. The summed E-state index contributed by atoms with van der Waals surface area (Å²) < 4.78 is 5.18. The fraction of sp³-hybridized carbons (Fsp3) is 0.647. The maximum Gasteiger partial charge on any atom is 0.118 e. The molecule has 0 aromatic heterocycles. The molecule has 1 aromatic rings. The smallest absolute Gasteiger partial charge is 0.118 e. The van der Waals surface area contributed by atoms with Gasteiger partial charge in [0.15, 0.2) is 0 Å². The van der Waals surface area contributed by atoms with E-state index < -0.39 is 0 Å². The normalized spacial score (nSPS) is 25.5. The van der Waals surface area contributed by atoms with E-state index in [1.807, 2.05) is 12.1 Å². The van der Waals surface area contributed by atoms with Crippen LogP contribution >= 0.6 is 0 Å². The van der Waals surface area contributed by atoms with Gasteiger partial charge in [-0.25, -0.2) is 0 Å². The summed E-state index contributed by atoms with van der Waals surface area (Å²) in [6, 6.07) is 9.08. The average Bonchev–Trinajstić information content (AvgIpc) is 2.63. The Labute approximate surface area is 117 Å². The minimum atomic E-state index is 0.511. The van der Waals surface area contributed by atoms with Gasteiger partial charge in [-0.15, -0.1) is 0 Å². The third-order valence-electron chi connectivity index (χ3n) is 4.31. The first-order valence-electron chi connectivity index (χ1n) is 7.36. The Kier molecular flexibility index (Phi) is 4.51. The van der Waals surface area contributed by atoms with Crippen LogP contribution in [0.25, 0.3) is 0 Å². The van der Waals surface area contributed by atoms with E-state index in [-0.39, 0.29) is 0 Å². The Morgan fingerprint density at radius 3 is 2.42 bits per heavy atom. The summed E-state index contributed by atoms with van der Waals surface area (Å²) in [6.07, 6.45) is 3.73. The summed E-state index contributed by atoms with van der Waals surface area (Å²) in [5.41, 5.74) is 1.88. The molecular weight excluding hydrogens is 234 g/mol. The third kappa shape index (κ3) is 3.97. The van der Waals surface area contributed by atoms with E-state index in [9.17, 15) is 0 Å². The van der Waals surface area contributed by atoms with Gasteiger partial charge in [0.25, 0.3) is 0 Å². The zero-order valence-electron chi connectivity index (χ0n) is 12.7. The van der Waals surface area contributed by atoms with E-state index in [1.54, 1.807) is 7.11 Å². The number of nitrogens with one attached hydrogen (secondary N) is 1. The molecule has 2 nitrogen and oxygen atoms in total. The number of methoxy groups -OCH3 is 1. The summed E-state index contributed by atoms with van der Waals surface area (Å²) in [5.74, 6) is 1.73. The van der Waals surface area contributed by atoms with E-state index in [1.165, 1.54) is 18.4 Å². The van der Waals surface area contributed by atoms with Gasteiger partial charge < -0.3 is 10.1 Å². The minimum Gasteiger partial charge on any atom is -0.497 e. The van der Waals surface area contributed by atoms with Gasteiger partial charge in [-0.2, -0.15) is 0 Å². The predicted octanol–water partition coefficient (Wildman–Crippen LogP) is 3.65. The fourth-order valence-corrected chi connectivity index (χ4v) is 3.36. The van der Waals surface area contributed by atoms with Crippen LogP contribution in [0.1, 0.15) is 39.2 Å². The molecule has 0 aliphatic heterocycles. The maximum absolute atomic E-state index is 5.18. The summed E-state index contributed by atoms with van der Waals surface area (Å²) >= 11 is 0. The lowest BCUT2D eigenvalue weighted by Crippen LogP contribution is -2.33. The standard InChI is InChI=1S/C17H27NO/c1-13-11-17(2,3)12-16(13)18-10-9-14-5-7-15(19-4)8-6-14/h5-8,13,16,18H,9-12H2,1-4H3. The van der Waals surface area contributed by atoms with Crippen LogP contribution in [0.15, 0.2) is 24.3 Å². The lowest BCUT2D eigenvalue weighted by atomic mass is 9.91. The van der Waals surface area contributed by atoms with Crippen molar-refractivity contribution in [3.05, 3.63) is 29.8 Å². The quantitative estimate of drug-likeness (QED) is 0.873. The van der Waals surface area contributed by atoms with Crippen molar-refractivity contribution in [1.82, 2.24) is 5.32 Å². The minimum absolute atomic E-state index is 0.511. The van der Waals surface area contributed by atoms with Crippen LogP contribution in [0.3, 0.4) is 0 Å². The molecule has 1 N–H and O–H groups in total. The van der Waals surface area contributed by atoms with Gasteiger partial charge in [-0.1, -0.05) is 32.9 Å². The summed E-state index contributed by atoms with van der Waals surface area (Å²) in [7, 11) is 1.71. The van der Waals surface area contributed by atoms with E-state index in [4.69, 9.17) is 4.74 Å². The number of hydrogen-bond acceptors (Lipinski definition) is 2. The lowest BCUT2D eigenvalue weighted by Gasteiger charge is -2.18. The molecule has 2 heteroatoms. The van der Waals surface area contributed by atoms with Crippen LogP contribution in [0.4, 0.5) is 0 Å². The topological polar surface area (TPSA) is 21.3 Å². The lowest BCUT2D eigenvalue weighted by molar-refractivity contribution is 0.362. The zero-order valence-corrected chi connectivity index (χ0v) is 12.7. The Bertz CT molecular complexity index is 396. The Balaban J connectivity index is 1.77. The largest absolute Gasteiger partial charge is 0.497 e. The molecule has 0 spiro atoms. The van der Waals surface area contributed by atoms with Gasteiger partial charge in [-0.05, 0) is 54.8 Å². The van der Waals surface area contributed by atoms with E-state index in [2.05, 4.69) is 38.2 Å². The van der Waals surface area contributed by atoms with Gasteiger partial charge in [0.1, 0.15) is 5.75 Å². The van der Waals surface area contributed by atoms with Crippen LogP contribution in [-0.2, 0) is 6.42 Å². The highest BCUT2D eigenvalue weighted by Crippen LogP contribution is 2.40. The first-order valence-corrected chi connectivity index (χ1v) is 7.36. The van der Waals surface area contributed by atoms with Crippen molar-refractivity contribution in [1.29, 1.82) is 0 Å².